The summed E-state index contributed by atoms with van der Waals surface area (Å²) in [4.78, 5) is 0. The number of aromatic nitrogens is 3. The van der Waals surface area contributed by atoms with Crippen LogP contribution in [0.5, 0.6) is 0 Å². The molecule has 0 saturated heterocycles. The normalized spacial score (nSPS) is 13.2. The molecule has 0 spiro atoms. The van der Waals surface area contributed by atoms with E-state index in [1.807, 2.05) is 91.0 Å². The Morgan fingerprint density at radius 1 is 0.679 bits per heavy atom. The number of hydrogen-bond donors (Lipinski definition) is 2. The van der Waals surface area contributed by atoms with Crippen LogP contribution in [0.25, 0.3) is 0 Å². The van der Waals surface area contributed by atoms with Crippen LogP contribution in [0.15, 0.2) is 91.0 Å². The highest BCUT2D eigenvalue weighted by atomic mass is 16.3. The summed E-state index contributed by atoms with van der Waals surface area (Å²) in [5.74, 6) is 0. The van der Waals surface area contributed by atoms with Gasteiger partial charge >= 0.3 is 0 Å². The van der Waals surface area contributed by atoms with E-state index in [-0.39, 0.29) is 0 Å². The molecule has 0 bridgehead atoms. The van der Waals surface area contributed by atoms with E-state index in [2.05, 4.69) is 10.3 Å². The third-order valence-electron chi connectivity index (χ3n) is 4.72. The zero-order chi connectivity index (χ0) is 19.3. The first-order valence-electron chi connectivity index (χ1n) is 9.17. The highest BCUT2D eigenvalue weighted by Crippen LogP contribution is 2.30. The molecule has 1 aromatic heterocycles. The van der Waals surface area contributed by atoms with Gasteiger partial charge in [-0.1, -0.05) is 96.2 Å². The van der Waals surface area contributed by atoms with Crippen molar-refractivity contribution in [3.63, 3.8) is 0 Å². The van der Waals surface area contributed by atoms with Gasteiger partial charge in [-0.25, -0.2) is 4.68 Å². The van der Waals surface area contributed by atoms with Crippen LogP contribution >= 0.6 is 0 Å². The predicted octanol–water partition coefficient (Wildman–Crippen LogP) is 3.49. The SMILES string of the molecule is O[C@H](c1ccccc1)c1nnn(Cc2ccccc2)c1[C@H](O)c1ccccc1. The lowest BCUT2D eigenvalue weighted by Gasteiger charge is -2.17. The molecule has 0 aliphatic rings. The van der Waals surface area contributed by atoms with Crippen LogP contribution in [0, 0.1) is 0 Å². The Morgan fingerprint density at radius 3 is 1.75 bits per heavy atom. The lowest BCUT2D eigenvalue weighted by molar-refractivity contribution is 0.188. The van der Waals surface area contributed by atoms with E-state index in [0.717, 1.165) is 11.1 Å². The first-order chi connectivity index (χ1) is 13.7. The molecule has 0 aliphatic carbocycles. The minimum absolute atomic E-state index is 0.360. The first kappa shape index (κ1) is 18.1. The molecule has 0 aliphatic heterocycles. The molecular weight excluding hydrogens is 350 g/mol. The Balaban J connectivity index is 1.78. The molecule has 2 N–H and O–H groups in total. The van der Waals surface area contributed by atoms with Crippen molar-refractivity contribution in [1.82, 2.24) is 15.0 Å². The molecule has 0 fully saturated rings. The Kier molecular flexibility index (Phi) is 5.28. The Bertz CT molecular complexity index is 1020. The molecule has 4 aromatic rings. The van der Waals surface area contributed by atoms with Gasteiger partial charge in [0.2, 0.25) is 0 Å². The Morgan fingerprint density at radius 2 is 1.18 bits per heavy atom. The lowest BCUT2D eigenvalue weighted by Crippen LogP contribution is -2.14. The summed E-state index contributed by atoms with van der Waals surface area (Å²) in [6.07, 6.45) is -1.92. The third kappa shape index (κ3) is 3.71. The van der Waals surface area contributed by atoms with E-state index in [1.165, 1.54) is 0 Å². The average molecular weight is 371 g/mol. The van der Waals surface area contributed by atoms with E-state index in [1.54, 1.807) is 4.68 Å². The van der Waals surface area contributed by atoms with Crippen molar-refractivity contribution < 1.29 is 10.2 Å². The third-order valence-corrected chi connectivity index (χ3v) is 4.72. The summed E-state index contributed by atoms with van der Waals surface area (Å²) in [5, 5.41) is 30.5. The minimum Gasteiger partial charge on any atom is -0.382 e. The quantitative estimate of drug-likeness (QED) is 0.544. The van der Waals surface area contributed by atoms with Crippen molar-refractivity contribution in [2.24, 2.45) is 0 Å². The van der Waals surface area contributed by atoms with Gasteiger partial charge in [0.05, 0.1) is 12.2 Å². The minimum atomic E-state index is -0.973. The van der Waals surface area contributed by atoms with Gasteiger partial charge in [-0.3, -0.25) is 0 Å². The van der Waals surface area contributed by atoms with E-state index in [9.17, 15) is 10.2 Å². The number of hydrogen-bond acceptors (Lipinski definition) is 4. The van der Waals surface area contributed by atoms with Crippen molar-refractivity contribution in [3.8, 4) is 0 Å². The summed E-state index contributed by atoms with van der Waals surface area (Å²) < 4.78 is 1.66. The molecule has 4 rings (SSSR count). The van der Waals surface area contributed by atoms with Gasteiger partial charge in [0.25, 0.3) is 0 Å². The van der Waals surface area contributed by atoms with Gasteiger partial charge in [-0.05, 0) is 16.7 Å². The van der Waals surface area contributed by atoms with Gasteiger partial charge in [0.1, 0.15) is 17.9 Å². The summed E-state index contributed by atoms with van der Waals surface area (Å²) in [6, 6.07) is 28.5. The van der Waals surface area contributed by atoms with Gasteiger partial charge in [0, 0.05) is 0 Å². The molecule has 1 heterocycles. The van der Waals surface area contributed by atoms with Crippen LogP contribution in [0.2, 0.25) is 0 Å². The number of rotatable bonds is 6. The summed E-state index contributed by atoms with van der Waals surface area (Å²) in [5.41, 5.74) is 3.32. The van der Waals surface area contributed by atoms with E-state index < -0.39 is 12.2 Å². The van der Waals surface area contributed by atoms with Gasteiger partial charge in [-0.2, -0.15) is 0 Å². The maximum atomic E-state index is 11.1. The largest absolute Gasteiger partial charge is 0.382 e. The van der Waals surface area contributed by atoms with Crippen LogP contribution in [0.1, 0.15) is 40.3 Å². The molecular formula is C23H21N3O2. The molecule has 3 aromatic carbocycles. The Hall–Kier alpha value is -3.28. The standard InChI is InChI=1S/C23H21N3O2/c27-22(18-12-6-2-7-13-18)20-21(23(28)19-14-8-3-9-15-19)26(25-24-20)16-17-10-4-1-5-11-17/h1-15,22-23,27-28H,16H2/t22-,23-/m1/s1. The predicted molar refractivity (Wildman–Crippen MR) is 107 cm³/mol. The second kappa shape index (κ2) is 8.17. The molecule has 28 heavy (non-hydrogen) atoms. The fourth-order valence-electron chi connectivity index (χ4n) is 3.27. The summed E-state index contributed by atoms with van der Waals surface area (Å²) >= 11 is 0. The molecule has 0 saturated carbocycles. The van der Waals surface area contributed by atoms with Crippen LogP contribution in [0.4, 0.5) is 0 Å². The lowest BCUT2D eigenvalue weighted by atomic mass is 9.99. The average Bonchev–Trinajstić information content (AvgIpc) is 3.18. The van der Waals surface area contributed by atoms with E-state index in [0.29, 0.717) is 23.5 Å². The highest BCUT2D eigenvalue weighted by molar-refractivity contribution is 5.34. The molecule has 0 amide bonds. The molecule has 0 unspecified atom stereocenters. The maximum absolute atomic E-state index is 11.1. The maximum Gasteiger partial charge on any atom is 0.125 e. The smallest absolute Gasteiger partial charge is 0.125 e. The van der Waals surface area contributed by atoms with E-state index >= 15 is 0 Å². The van der Waals surface area contributed by atoms with Crippen molar-refractivity contribution in [3.05, 3.63) is 119 Å². The molecule has 2 atom stereocenters. The van der Waals surface area contributed by atoms with Gasteiger partial charge < -0.3 is 10.2 Å². The van der Waals surface area contributed by atoms with Crippen LogP contribution in [0.3, 0.4) is 0 Å². The molecule has 140 valence electrons. The van der Waals surface area contributed by atoms with Crippen LogP contribution in [-0.2, 0) is 6.54 Å². The van der Waals surface area contributed by atoms with Crippen molar-refractivity contribution in [1.29, 1.82) is 0 Å². The second-order valence-electron chi connectivity index (χ2n) is 6.63. The fraction of sp³-hybridized carbons (Fsp3) is 0.130. The summed E-state index contributed by atoms with van der Waals surface area (Å²) in [7, 11) is 0. The van der Waals surface area contributed by atoms with Crippen LogP contribution in [-0.4, -0.2) is 25.2 Å². The highest BCUT2D eigenvalue weighted by Gasteiger charge is 2.27. The summed E-state index contributed by atoms with van der Waals surface area (Å²) in [6.45, 7) is 0.453. The number of aliphatic hydroxyl groups excluding tert-OH is 2. The molecule has 5 heteroatoms. The van der Waals surface area contributed by atoms with Crippen molar-refractivity contribution in [2.45, 2.75) is 18.8 Å². The van der Waals surface area contributed by atoms with Crippen molar-refractivity contribution >= 4 is 0 Å². The Labute approximate surface area is 163 Å². The monoisotopic (exact) mass is 371 g/mol. The first-order valence-corrected chi connectivity index (χ1v) is 9.17. The topological polar surface area (TPSA) is 71.2 Å². The van der Waals surface area contributed by atoms with Gasteiger partial charge in [-0.15, -0.1) is 5.10 Å². The molecule has 0 radical (unpaired) electrons. The van der Waals surface area contributed by atoms with Crippen molar-refractivity contribution in [2.75, 3.05) is 0 Å². The van der Waals surface area contributed by atoms with E-state index in [4.69, 9.17) is 0 Å². The second-order valence-corrected chi connectivity index (χ2v) is 6.63. The molecule has 5 nitrogen and oxygen atoms in total. The fourth-order valence-corrected chi connectivity index (χ4v) is 3.27. The number of aliphatic hydroxyl groups is 2. The number of benzene rings is 3. The zero-order valence-electron chi connectivity index (χ0n) is 15.3. The zero-order valence-corrected chi connectivity index (χ0v) is 15.3. The van der Waals surface area contributed by atoms with Crippen LogP contribution < -0.4 is 0 Å². The van der Waals surface area contributed by atoms with Gasteiger partial charge in [0.15, 0.2) is 0 Å². The number of nitrogens with zero attached hydrogens (tertiary/aromatic N) is 3.